The number of esters is 1. The molecule has 1 aromatic carbocycles. The van der Waals surface area contributed by atoms with Gasteiger partial charge in [-0.3, -0.25) is 34.2 Å². The maximum Gasteiger partial charge on any atom is 0.308 e. The molecule has 10 nitrogen and oxygen atoms in total. The van der Waals surface area contributed by atoms with E-state index in [2.05, 4.69) is 17.6 Å². The summed E-state index contributed by atoms with van der Waals surface area (Å²) in [4.78, 5) is 62.6. The Morgan fingerprint density at radius 2 is 1.94 bits per heavy atom. The molecule has 2 aliphatic rings. The molecule has 1 saturated heterocycles. The van der Waals surface area contributed by atoms with Crippen LogP contribution in [0, 0.1) is 5.92 Å². The van der Waals surface area contributed by atoms with Gasteiger partial charge >= 0.3 is 5.97 Å². The number of unbranched alkanes of at least 4 members (excludes halogenated alkanes) is 1. The van der Waals surface area contributed by atoms with Crippen molar-refractivity contribution in [2.45, 2.75) is 58.4 Å². The lowest BCUT2D eigenvalue weighted by Crippen LogP contribution is -2.54. The second-order valence-electron chi connectivity index (χ2n) is 8.63. The minimum absolute atomic E-state index is 0.0689. The lowest BCUT2D eigenvalue weighted by Gasteiger charge is -2.27. The summed E-state index contributed by atoms with van der Waals surface area (Å²) in [5.41, 5.74) is 0.882. The summed E-state index contributed by atoms with van der Waals surface area (Å²) in [5, 5.41) is 5.29. The van der Waals surface area contributed by atoms with Gasteiger partial charge in [0.1, 0.15) is 12.6 Å². The van der Waals surface area contributed by atoms with E-state index >= 15 is 0 Å². The number of nitrogens with one attached hydrogen (secondary N) is 2. The van der Waals surface area contributed by atoms with E-state index in [1.165, 1.54) is 0 Å². The van der Waals surface area contributed by atoms with Crippen molar-refractivity contribution in [1.82, 2.24) is 10.2 Å². The normalized spacial score (nSPS) is 18.3. The van der Waals surface area contributed by atoms with Crippen LogP contribution in [-0.4, -0.2) is 66.9 Å². The van der Waals surface area contributed by atoms with E-state index in [0.717, 1.165) is 30.6 Å². The summed E-state index contributed by atoms with van der Waals surface area (Å²) in [6, 6.07) is 3.87. The van der Waals surface area contributed by atoms with Gasteiger partial charge in [-0.2, -0.15) is 0 Å². The van der Waals surface area contributed by atoms with Crippen LogP contribution in [0.2, 0.25) is 0 Å². The van der Waals surface area contributed by atoms with Crippen molar-refractivity contribution in [3.8, 4) is 0 Å². The van der Waals surface area contributed by atoms with Crippen molar-refractivity contribution in [2.24, 2.45) is 5.92 Å². The zero-order chi connectivity index (χ0) is 25.4. The van der Waals surface area contributed by atoms with Crippen LogP contribution in [0.3, 0.4) is 0 Å². The zero-order valence-corrected chi connectivity index (χ0v) is 20.3. The molecule has 1 fully saturated rings. The maximum absolute atomic E-state index is 13.1. The summed E-state index contributed by atoms with van der Waals surface area (Å²) in [5.74, 6) is -2.44. The van der Waals surface area contributed by atoms with Crippen LogP contribution >= 0.6 is 0 Å². The molecule has 2 aliphatic heterocycles. The topological polar surface area (TPSA) is 131 Å². The first-order chi connectivity index (χ1) is 16.9. The van der Waals surface area contributed by atoms with E-state index in [1.54, 1.807) is 18.2 Å². The van der Waals surface area contributed by atoms with Crippen LogP contribution in [0.25, 0.3) is 0 Å². The number of fused-ring (bicyclic) bond motifs is 1. The van der Waals surface area contributed by atoms with Gasteiger partial charge in [-0.25, -0.2) is 0 Å². The van der Waals surface area contributed by atoms with Crippen molar-refractivity contribution in [2.75, 3.05) is 31.7 Å². The highest BCUT2D eigenvalue weighted by atomic mass is 16.6. The van der Waals surface area contributed by atoms with Gasteiger partial charge in [0.25, 0.3) is 11.8 Å². The van der Waals surface area contributed by atoms with Crippen molar-refractivity contribution >= 4 is 35.3 Å². The molecule has 0 spiro atoms. The van der Waals surface area contributed by atoms with Crippen LogP contribution in [0.15, 0.2) is 18.2 Å². The SMILES string of the molecule is CCCCC(CC)C(=O)OCCOCCNc1cccc2c1C(=O)N(C1CCC(=O)NC1=O)C2=O. The number of benzene rings is 1. The van der Waals surface area contributed by atoms with E-state index in [1.807, 2.05) is 6.92 Å². The van der Waals surface area contributed by atoms with Crippen LogP contribution in [-0.2, 0) is 23.9 Å². The average molecular weight is 488 g/mol. The fourth-order valence-electron chi connectivity index (χ4n) is 4.28. The number of carbonyl (C=O) groups excluding carboxylic acids is 5. The Morgan fingerprint density at radius 1 is 1.14 bits per heavy atom. The number of piperidine rings is 1. The van der Waals surface area contributed by atoms with Crippen LogP contribution < -0.4 is 10.6 Å². The molecule has 1 aromatic rings. The Bertz CT molecular complexity index is 978. The molecule has 35 heavy (non-hydrogen) atoms. The molecule has 0 radical (unpaired) electrons. The van der Waals surface area contributed by atoms with Gasteiger partial charge in [0.05, 0.1) is 30.3 Å². The number of amides is 4. The number of carbonyl (C=O) groups is 5. The molecule has 2 heterocycles. The van der Waals surface area contributed by atoms with Crippen LogP contribution in [0.4, 0.5) is 5.69 Å². The van der Waals surface area contributed by atoms with Crippen molar-refractivity contribution in [3.63, 3.8) is 0 Å². The first-order valence-corrected chi connectivity index (χ1v) is 12.2. The van der Waals surface area contributed by atoms with Gasteiger partial charge in [-0.05, 0) is 31.4 Å². The number of nitrogens with zero attached hydrogens (tertiary/aromatic N) is 1. The molecule has 2 N–H and O–H groups in total. The van der Waals surface area contributed by atoms with E-state index in [-0.39, 0.29) is 49.1 Å². The number of rotatable bonds is 13. The molecule has 2 atom stereocenters. The summed E-state index contributed by atoms with van der Waals surface area (Å²) in [6.45, 7) is 5.16. The molecule has 0 aliphatic carbocycles. The van der Waals surface area contributed by atoms with E-state index < -0.39 is 29.7 Å². The Hall–Kier alpha value is -3.27. The largest absolute Gasteiger partial charge is 0.463 e. The van der Waals surface area contributed by atoms with E-state index in [4.69, 9.17) is 9.47 Å². The Balaban J connectivity index is 1.47. The third-order valence-corrected chi connectivity index (χ3v) is 6.23. The van der Waals surface area contributed by atoms with Crippen molar-refractivity contribution < 1.29 is 33.4 Å². The quantitative estimate of drug-likeness (QED) is 0.246. The number of anilines is 1. The maximum atomic E-state index is 13.1. The van der Waals surface area contributed by atoms with Crippen molar-refractivity contribution in [1.29, 1.82) is 0 Å². The second-order valence-corrected chi connectivity index (χ2v) is 8.63. The van der Waals surface area contributed by atoms with Gasteiger partial charge in [0, 0.05) is 18.7 Å². The highest BCUT2D eigenvalue weighted by Gasteiger charge is 2.45. The van der Waals surface area contributed by atoms with Crippen LogP contribution in [0.1, 0.15) is 73.1 Å². The minimum atomic E-state index is -1.01. The summed E-state index contributed by atoms with van der Waals surface area (Å²) < 4.78 is 10.8. The Kier molecular flexibility index (Phi) is 9.36. The van der Waals surface area contributed by atoms with E-state index in [9.17, 15) is 24.0 Å². The highest BCUT2D eigenvalue weighted by Crippen LogP contribution is 2.32. The third kappa shape index (κ3) is 6.25. The molecule has 2 unspecified atom stereocenters. The van der Waals surface area contributed by atoms with Gasteiger partial charge < -0.3 is 14.8 Å². The zero-order valence-electron chi connectivity index (χ0n) is 20.3. The molecular formula is C25H33N3O7. The van der Waals surface area contributed by atoms with Crippen molar-refractivity contribution in [3.05, 3.63) is 29.3 Å². The number of ether oxygens (including phenoxy) is 2. The number of hydrogen-bond acceptors (Lipinski definition) is 8. The first kappa shape index (κ1) is 26.3. The third-order valence-electron chi connectivity index (χ3n) is 6.23. The lowest BCUT2D eigenvalue weighted by atomic mass is 10.00. The van der Waals surface area contributed by atoms with Gasteiger partial charge in [-0.15, -0.1) is 0 Å². The molecular weight excluding hydrogens is 454 g/mol. The molecule has 0 aromatic heterocycles. The minimum Gasteiger partial charge on any atom is -0.463 e. The number of imide groups is 2. The standard InChI is InChI=1S/C25H33N3O7/c1-3-5-7-16(4-2)25(33)35-15-14-34-13-12-26-18-9-6-8-17-21(18)24(32)28(23(17)31)19-10-11-20(29)27-22(19)30/h6,8-9,16,19,26H,3-5,7,10-15H2,1-2H3,(H,27,29,30). The van der Waals surface area contributed by atoms with Gasteiger partial charge in [-0.1, -0.05) is 32.8 Å². The van der Waals surface area contributed by atoms with Gasteiger partial charge in [0.2, 0.25) is 11.8 Å². The first-order valence-electron chi connectivity index (χ1n) is 12.2. The predicted octanol–water partition coefficient (Wildman–Crippen LogP) is 2.28. The monoisotopic (exact) mass is 487 g/mol. The summed E-state index contributed by atoms with van der Waals surface area (Å²) >= 11 is 0. The molecule has 190 valence electrons. The molecule has 3 rings (SSSR count). The van der Waals surface area contributed by atoms with Gasteiger partial charge in [0.15, 0.2) is 0 Å². The smallest absolute Gasteiger partial charge is 0.308 e. The highest BCUT2D eigenvalue weighted by molar-refractivity contribution is 6.25. The molecule has 0 bridgehead atoms. The fourth-order valence-corrected chi connectivity index (χ4v) is 4.28. The summed E-state index contributed by atoms with van der Waals surface area (Å²) in [6.07, 6.45) is 3.80. The molecule has 0 saturated carbocycles. The van der Waals surface area contributed by atoms with Crippen LogP contribution in [0.5, 0.6) is 0 Å². The average Bonchev–Trinajstić information content (AvgIpc) is 3.09. The lowest BCUT2D eigenvalue weighted by molar-refractivity contribution is -0.150. The Morgan fingerprint density at radius 3 is 2.66 bits per heavy atom. The molecule has 4 amide bonds. The predicted molar refractivity (Wildman–Crippen MR) is 127 cm³/mol. The fraction of sp³-hybridized carbons (Fsp3) is 0.560. The number of hydrogen-bond donors (Lipinski definition) is 2. The second kappa shape index (κ2) is 12.4. The summed E-state index contributed by atoms with van der Waals surface area (Å²) in [7, 11) is 0. The Labute approximate surface area is 204 Å². The molecule has 10 heteroatoms. The van der Waals surface area contributed by atoms with E-state index in [0.29, 0.717) is 18.8 Å².